The van der Waals surface area contributed by atoms with Crippen molar-refractivity contribution in [2.75, 3.05) is 13.6 Å². The van der Waals surface area contributed by atoms with Crippen molar-refractivity contribution in [3.8, 4) is 12.3 Å². The van der Waals surface area contributed by atoms with Crippen molar-refractivity contribution in [1.82, 2.24) is 4.90 Å². The second kappa shape index (κ2) is 6.10. The third-order valence-corrected chi connectivity index (χ3v) is 2.84. The van der Waals surface area contributed by atoms with Crippen LogP contribution in [0.5, 0.6) is 0 Å². The summed E-state index contributed by atoms with van der Waals surface area (Å²) in [4.78, 5) is 6.53. The van der Waals surface area contributed by atoms with Gasteiger partial charge >= 0.3 is 0 Å². The standard InChI is InChI=1S/C15H20N2/c1-6-8-14-9-13(4)15(10-12(14)3)16-11-17(5)7-2/h1,9-11H,7-8H2,2-5H3. The molecule has 0 fully saturated rings. The molecule has 17 heavy (non-hydrogen) atoms. The van der Waals surface area contributed by atoms with Gasteiger partial charge in [0.1, 0.15) is 0 Å². The predicted molar refractivity (Wildman–Crippen MR) is 74.9 cm³/mol. The zero-order chi connectivity index (χ0) is 12.8. The molecule has 0 saturated heterocycles. The Kier molecular flexibility index (Phi) is 4.78. The van der Waals surface area contributed by atoms with Crippen molar-refractivity contribution in [1.29, 1.82) is 0 Å². The van der Waals surface area contributed by atoms with Gasteiger partial charge < -0.3 is 4.90 Å². The van der Waals surface area contributed by atoms with Crippen molar-refractivity contribution in [3.05, 3.63) is 28.8 Å². The van der Waals surface area contributed by atoms with E-state index in [4.69, 9.17) is 6.42 Å². The van der Waals surface area contributed by atoms with Gasteiger partial charge in [0.2, 0.25) is 0 Å². The molecule has 1 aromatic carbocycles. The van der Waals surface area contributed by atoms with Crippen LogP contribution < -0.4 is 0 Å². The fourth-order valence-corrected chi connectivity index (χ4v) is 1.54. The van der Waals surface area contributed by atoms with Crippen LogP contribution in [-0.2, 0) is 6.42 Å². The lowest BCUT2D eigenvalue weighted by Crippen LogP contribution is -2.14. The SMILES string of the molecule is C#CCc1cc(C)c(N=CN(C)CC)cc1C. The number of terminal acetylenes is 1. The summed E-state index contributed by atoms with van der Waals surface area (Å²) in [6.07, 6.45) is 7.90. The minimum Gasteiger partial charge on any atom is -0.366 e. The highest BCUT2D eigenvalue weighted by atomic mass is 15.1. The fourth-order valence-electron chi connectivity index (χ4n) is 1.54. The van der Waals surface area contributed by atoms with Crippen LogP contribution in [0.4, 0.5) is 5.69 Å². The van der Waals surface area contributed by atoms with Crippen LogP contribution >= 0.6 is 0 Å². The first-order chi connectivity index (χ1) is 8.08. The zero-order valence-corrected chi connectivity index (χ0v) is 11.1. The Bertz CT molecular complexity index is 453. The van der Waals surface area contributed by atoms with E-state index >= 15 is 0 Å². The van der Waals surface area contributed by atoms with Crippen molar-refractivity contribution < 1.29 is 0 Å². The molecule has 2 heteroatoms. The van der Waals surface area contributed by atoms with Crippen molar-refractivity contribution in [2.24, 2.45) is 4.99 Å². The lowest BCUT2D eigenvalue weighted by Gasteiger charge is -2.10. The summed E-state index contributed by atoms with van der Waals surface area (Å²) in [6.45, 7) is 7.20. The molecule has 0 bridgehead atoms. The van der Waals surface area contributed by atoms with Crippen LogP contribution in [0.15, 0.2) is 17.1 Å². The molecular weight excluding hydrogens is 208 g/mol. The first-order valence-corrected chi connectivity index (χ1v) is 5.86. The summed E-state index contributed by atoms with van der Waals surface area (Å²) < 4.78 is 0. The molecule has 0 amide bonds. The quantitative estimate of drug-likeness (QED) is 0.439. The Balaban J connectivity index is 3.00. The molecule has 0 unspecified atom stereocenters. The average molecular weight is 228 g/mol. The Labute approximate surface area is 104 Å². The molecule has 0 aromatic heterocycles. The largest absolute Gasteiger partial charge is 0.366 e. The van der Waals surface area contributed by atoms with Crippen LogP contribution in [0.2, 0.25) is 0 Å². The average Bonchev–Trinajstić information content (AvgIpc) is 2.31. The van der Waals surface area contributed by atoms with Crippen molar-refractivity contribution >= 4 is 12.0 Å². The summed E-state index contributed by atoms with van der Waals surface area (Å²) >= 11 is 0. The smallest absolute Gasteiger partial charge is 0.0909 e. The van der Waals surface area contributed by atoms with Crippen LogP contribution in [0.3, 0.4) is 0 Å². The van der Waals surface area contributed by atoms with E-state index in [-0.39, 0.29) is 0 Å². The predicted octanol–water partition coefficient (Wildman–Crippen LogP) is 3.09. The van der Waals surface area contributed by atoms with Gasteiger partial charge in [-0.25, -0.2) is 4.99 Å². The van der Waals surface area contributed by atoms with Crippen LogP contribution in [0, 0.1) is 26.2 Å². The molecule has 0 N–H and O–H groups in total. The lowest BCUT2D eigenvalue weighted by atomic mass is 10.0. The molecular formula is C15H20N2. The third-order valence-electron chi connectivity index (χ3n) is 2.84. The molecule has 1 rings (SSSR count). The van der Waals surface area contributed by atoms with Gasteiger partial charge in [-0.1, -0.05) is 6.07 Å². The van der Waals surface area contributed by atoms with E-state index in [0.29, 0.717) is 6.42 Å². The number of aryl methyl sites for hydroxylation is 2. The molecule has 0 aliphatic carbocycles. The Morgan fingerprint density at radius 1 is 1.35 bits per heavy atom. The monoisotopic (exact) mass is 228 g/mol. The van der Waals surface area contributed by atoms with Crippen molar-refractivity contribution in [3.63, 3.8) is 0 Å². The maximum Gasteiger partial charge on any atom is 0.0909 e. The van der Waals surface area contributed by atoms with Gasteiger partial charge in [-0.3, -0.25) is 0 Å². The van der Waals surface area contributed by atoms with Gasteiger partial charge in [-0.15, -0.1) is 12.3 Å². The highest BCUT2D eigenvalue weighted by Gasteiger charge is 2.02. The van der Waals surface area contributed by atoms with E-state index in [0.717, 1.165) is 12.2 Å². The Morgan fingerprint density at radius 2 is 2.06 bits per heavy atom. The summed E-state index contributed by atoms with van der Waals surface area (Å²) in [6, 6.07) is 4.23. The number of benzene rings is 1. The molecule has 0 aliphatic heterocycles. The molecule has 0 radical (unpaired) electrons. The van der Waals surface area contributed by atoms with E-state index < -0.39 is 0 Å². The lowest BCUT2D eigenvalue weighted by molar-refractivity contribution is 0.552. The second-order valence-electron chi connectivity index (χ2n) is 4.26. The number of hydrogen-bond acceptors (Lipinski definition) is 1. The van der Waals surface area contributed by atoms with Crippen LogP contribution in [-0.4, -0.2) is 24.8 Å². The molecule has 0 heterocycles. The van der Waals surface area contributed by atoms with Gasteiger partial charge in [0.15, 0.2) is 0 Å². The molecule has 1 aromatic rings. The van der Waals surface area contributed by atoms with E-state index in [1.807, 2.05) is 18.3 Å². The van der Waals surface area contributed by atoms with Gasteiger partial charge in [-0.2, -0.15) is 0 Å². The Morgan fingerprint density at radius 3 is 2.65 bits per heavy atom. The second-order valence-corrected chi connectivity index (χ2v) is 4.26. The highest BCUT2D eigenvalue weighted by Crippen LogP contribution is 2.23. The molecule has 90 valence electrons. The van der Waals surface area contributed by atoms with E-state index in [2.05, 4.69) is 43.8 Å². The van der Waals surface area contributed by atoms with E-state index in [9.17, 15) is 0 Å². The maximum atomic E-state index is 5.35. The van der Waals surface area contributed by atoms with Crippen molar-refractivity contribution in [2.45, 2.75) is 27.2 Å². The molecule has 0 spiro atoms. The first-order valence-electron chi connectivity index (χ1n) is 5.86. The van der Waals surface area contributed by atoms with Gasteiger partial charge in [0, 0.05) is 20.0 Å². The summed E-state index contributed by atoms with van der Waals surface area (Å²) in [7, 11) is 2.01. The number of hydrogen-bond donors (Lipinski definition) is 0. The minimum absolute atomic E-state index is 0.686. The maximum absolute atomic E-state index is 5.35. The van der Waals surface area contributed by atoms with Crippen LogP contribution in [0.1, 0.15) is 23.6 Å². The normalized spacial score (nSPS) is 10.5. The zero-order valence-electron chi connectivity index (χ0n) is 11.1. The molecule has 0 atom stereocenters. The summed E-state index contributed by atoms with van der Waals surface area (Å²) in [5.74, 6) is 2.68. The Hall–Kier alpha value is -1.75. The van der Waals surface area contributed by atoms with E-state index in [1.54, 1.807) is 0 Å². The topological polar surface area (TPSA) is 15.6 Å². The van der Waals surface area contributed by atoms with Gasteiger partial charge in [-0.05, 0) is 43.5 Å². The molecule has 0 aliphatic rings. The third kappa shape index (κ3) is 3.64. The summed E-state index contributed by atoms with van der Waals surface area (Å²) in [5.41, 5.74) is 4.61. The highest BCUT2D eigenvalue weighted by molar-refractivity contribution is 5.64. The number of nitrogens with zero attached hydrogens (tertiary/aromatic N) is 2. The first kappa shape index (κ1) is 13.3. The number of rotatable bonds is 4. The molecule has 0 saturated carbocycles. The molecule has 2 nitrogen and oxygen atoms in total. The summed E-state index contributed by atoms with van der Waals surface area (Å²) in [5, 5.41) is 0. The minimum atomic E-state index is 0.686. The number of aliphatic imine (C=N–C) groups is 1. The van der Waals surface area contributed by atoms with Crippen LogP contribution in [0.25, 0.3) is 0 Å². The fraction of sp³-hybridized carbons (Fsp3) is 0.400. The van der Waals surface area contributed by atoms with Gasteiger partial charge in [0.05, 0.1) is 12.0 Å². The van der Waals surface area contributed by atoms with Gasteiger partial charge in [0.25, 0.3) is 0 Å². The van der Waals surface area contributed by atoms with E-state index in [1.165, 1.54) is 16.7 Å².